The highest BCUT2D eigenvalue weighted by atomic mass is 19.4. The summed E-state index contributed by atoms with van der Waals surface area (Å²) in [6.07, 6.45) is 1.36. The average molecular weight is 637 g/mol. The zero-order chi connectivity index (χ0) is 31.7. The monoisotopic (exact) mass is 636 g/mol. The van der Waals surface area contributed by atoms with Crippen molar-refractivity contribution in [3.8, 4) is 0 Å². The van der Waals surface area contributed by atoms with E-state index in [0.29, 0.717) is 38.6 Å². The third-order valence-electron chi connectivity index (χ3n) is 11.7. The number of likely N-dealkylation sites (N-methyl/N-ethyl adjacent to an activating group) is 1. The summed E-state index contributed by atoms with van der Waals surface area (Å²) in [6, 6.07) is 0.00674. The van der Waals surface area contributed by atoms with Crippen LogP contribution in [-0.2, 0) is 9.59 Å². The van der Waals surface area contributed by atoms with Crippen molar-refractivity contribution in [3.05, 3.63) is 0 Å². The van der Waals surface area contributed by atoms with Gasteiger partial charge in [-0.3, -0.25) is 19.4 Å². The van der Waals surface area contributed by atoms with E-state index in [1.807, 2.05) is 0 Å². The number of piperidine rings is 1. The van der Waals surface area contributed by atoms with Crippen molar-refractivity contribution < 1.29 is 35.9 Å². The molecule has 0 aromatic carbocycles. The summed E-state index contributed by atoms with van der Waals surface area (Å²) < 4.78 is 81.1. The van der Waals surface area contributed by atoms with Crippen LogP contribution in [-0.4, -0.2) is 89.8 Å². The van der Waals surface area contributed by atoms with Gasteiger partial charge >= 0.3 is 12.4 Å². The SMILES string of the molecule is CN(CCC1CC(C(F)(F)F)CC(C(F)(F)F)C1)C(=O)C(C1CCCCC1)N1CCC2(CC1)C(=O)NCN2C1CCCCC1. The van der Waals surface area contributed by atoms with Gasteiger partial charge in [0.15, 0.2) is 0 Å². The lowest BCUT2D eigenvalue weighted by Crippen LogP contribution is -2.62. The second-order valence-corrected chi connectivity index (χ2v) is 14.4. The first-order chi connectivity index (χ1) is 20.8. The van der Waals surface area contributed by atoms with Gasteiger partial charge in [-0.1, -0.05) is 38.5 Å². The van der Waals surface area contributed by atoms with Crippen LogP contribution in [0.5, 0.6) is 0 Å². The van der Waals surface area contributed by atoms with Crippen molar-refractivity contribution in [2.24, 2.45) is 23.7 Å². The normalized spacial score (nSPS) is 30.8. The molecule has 6 nitrogen and oxygen atoms in total. The van der Waals surface area contributed by atoms with E-state index in [-0.39, 0.29) is 49.6 Å². The van der Waals surface area contributed by atoms with Crippen LogP contribution in [0, 0.1) is 23.7 Å². The fraction of sp³-hybridized carbons (Fsp3) is 0.938. The van der Waals surface area contributed by atoms with Crippen molar-refractivity contribution in [2.75, 3.05) is 33.4 Å². The summed E-state index contributed by atoms with van der Waals surface area (Å²) in [5.41, 5.74) is -0.546. The second kappa shape index (κ2) is 13.7. The Morgan fingerprint density at radius 3 is 1.98 bits per heavy atom. The molecule has 2 heterocycles. The minimum Gasteiger partial charge on any atom is -0.344 e. The first-order valence-electron chi connectivity index (χ1n) is 17.0. The van der Waals surface area contributed by atoms with Crippen LogP contribution in [0.3, 0.4) is 0 Å². The fourth-order valence-electron chi connectivity index (χ4n) is 9.19. The Hall–Kier alpha value is -1.56. The molecule has 1 spiro atoms. The number of alkyl halides is 6. The minimum absolute atomic E-state index is 0.0854. The number of carbonyl (C=O) groups is 2. The van der Waals surface area contributed by atoms with Gasteiger partial charge in [-0.15, -0.1) is 0 Å². The molecule has 2 aliphatic heterocycles. The summed E-state index contributed by atoms with van der Waals surface area (Å²) in [4.78, 5) is 33.5. The van der Waals surface area contributed by atoms with Crippen LogP contribution in [0.1, 0.15) is 103 Å². The maximum atomic E-state index is 14.1. The van der Waals surface area contributed by atoms with E-state index in [2.05, 4.69) is 15.1 Å². The quantitative estimate of drug-likeness (QED) is 0.325. The van der Waals surface area contributed by atoms with E-state index in [1.54, 1.807) is 11.9 Å². The van der Waals surface area contributed by atoms with Gasteiger partial charge in [0.1, 0.15) is 5.54 Å². The first kappa shape index (κ1) is 33.8. The minimum atomic E-state index is -4.66. The van der Waals surface area contributed by atoms with Crippen LogP contribution in [0.25, 0.3) is 0 Å². The van der Waals surface area contributed by atoms with Gasteiger partial charge < -0.3 is 10.2 Å². The predicted octanol–water partition coefficient (Wildman–Crippen LogP) is 6.50. The van der Waals surface area contributed by atoms with E-state index in [1.165, 1.54) is 19.3 Å². The van der Waals surface area contributed by atoms with E-state index < -0.39 is 42.1 Å². The number of hydrogen-bond donors (Lipinski definition) is 1. The molecule has 1 N–H and O–H groups in total. The van der Waals surface area contributed by atoms with Gasteiger partial charge in [0.2, 0.25) is 11.8 Å². The topological polar surface area (TPSA) is 55.9 Å². The molecule has 2 amide bonds. The second-order valence-electron chi connectivity index (χ2n) is 14.4. The average Bonchev–Trinajstić information content (AvgIpc) is 3.31. The zero-order valence-corrected chi connectivity index (χ0v) is 26.0. The molecule has 3 saturated carbocycles. The number of nitrogens with zero attached hydrogens (tertiary/aromatic N) is 3. The number of amides is 2. The number of rotatable bonds is 7. The van der Waals surface area contributed by atoms with Crippen LogP contribution in [0.4, 0.5) is 26.3 Å². The Balaban J connectivity index is 1.25. The van der Waals surface area contributed by atoms with E-state index in [4.69, 9.17) is 0 Å². The maximum absolute atomic E-state index is 14.1. The van der Waals surface area contributed by atoms with Crippen LogP contribution in [0.2, 0.25) is 0 Å². The van der Waals surface area contributed by atoms with Crippen molar-refractivity contribution in [1.29, 1.82) is 0 Å². The summed E-state index contributed by atoms with van der Waals surface area (Å²) in [6.45, 7) is 1.93. The summed E-state index contributed by atoms with van der Waals surface area (Å²) in [5.74, 6) is -4.54. The molecule has 5 aliphatic rings. The third kappa shape index (κ3) is 7.36. The first-order valence-corrected chi connectivity index (χ1v) is 17.0. The summed E-state index contributed by atoms with van der Waals surface area (Å²) in [7, 11) is 1.64. The smallest absolute Gasteiger partial charge is 0.344 e. The fourth-order valence-corrected chi connectivity index (χ4v) is 9.19. The molecule has 12 heteroatoms. The number of likely N-dealkylation sites (tertiary alicyclic amines) is 1. The van der Waals surface area contributed by atoms with Crippen molar-refractivity contribution in [2.45, 2.75) is 133 Å². The number of carbonyl (C=O) groups excluding carboxylic acids is 2. The molecule has 0 bridgehead atoms. The molecule has 0 aromatic heterocycles. The predicted molar refractivity (Wildman–Crippen MR) is 154 cm³/mol. The van der Waals surface area contributed by atoms with Gasteiger partial charge in [0.25, 0.3) is 0 Å². The van der Waals surface area contributed by atoms with Gasteiger partial charge in [0, 0.05) is 32.7 Å². The Kier molecular flexibility index (Phi) is 10.5. The standard InChI is InChI=1S/C32H50F6N4O2/c1-40(15-12-22-18-24(31(33,34)35)20-25(19-22)32(36,37)38)28(43)27(23-8-4-2-5-9-23)41-16-13-30(14-17-41)29(44)39-21-42(30)26-10-6-3-7-11-26/h22-27H,2-21H2,1H3,(H,39,44). The van der Waals surface area contributed by atoms with Crippen LogP contribution in [0.15, 0.2) is 0 Å². The highest BCUT2D eigenvalue weighted by Crippen LogP contribution is 2.48. The molecule has 3 aliphatic carbocycles. The van der Waals surface area contributed by atoms with Crippen molar-refractivity contribution in [3.63, 3.8) is 0 Å². The lowest BCUT2D eigenvalue weighted by Gasteiger charge is -2.49. The Morgan fingerprint density at radius 1 is 0.886 bits per heavy atom. The lowest BCUT2D eigenvalue weighted by atomic mass is 9.73. The van der Waals surface area contributed by atoms with Gasteiger partial charge in [-0.05, 0) is 76.0 Å². The van der Waals surface area contributed by atoms with Crippen LogP contribution >= 0.6 is 0 Å². The van der Waals surface area contributed by atoms with Gasteiger partial charge in [-0.2, -0.15) is 26.3 Å². The third-order valence-corrected chi connectivity index (χ3v) is 11.7. The molecule has 2 saturated heterocycles. The van der Waals surface area contributed by atoms with Gasteiger partial charge in [0.05, 0.1) is 24.5 Å². The van der Waals surface area contributed by atoms with E-state index >= 15 is 0 Å². The molecule has 252 valence electrons. The molecule has 0 radical (unpaired) electrons. The lowest BCUT2D eigenvalue weighted by molar-refractivity contribution is -0.229. The van der Waals surface area contributed by atoms with Crippen molar-refractivity contribution >= 4 is 11.8 Å². The number of nitrogens with one attached hydrogen (secondary N) is 1. The molecule has 3 unspecified atom stereocenters. The molecule has 44 heavy (non-hydrogen) atoms. The number of hydrogen-bond acceptors (Lipinski definition) is 4. The molecular weight excluding hydrogens is 586 g/mol. The molecule has 3 atom stereocenters. The van der Waals surface area contributed by atoms with Gasteiger partial charge in [-0.25, -0.2) is 0 Å². The Labute approximate surface area is 257 Å². The largest absolute Gasteiger partial charge is 0.391 e. The molecule has 5 rings (SSSR count). The van der Waals surface area contributed by atoms with E-state index in [0.717, 1.165) is 44.9 Å². The highest BCUT2D eigenvalue weighted by molar-refractivity contribution is 5.88. The highest BCUT2D eigenvalue weighted by Gasteiger charge is 2.54. The zero-order valence-electron chi connectivity index (χ0n) is 26.0. The van der Waals surface area contributed by atoms with Crippen molar-refractivity contribution in [1.82, 2.24) is 20.0 Å². The summed E-state index contributed by atoms with van der Waals surface area (Å²) in [5, 5.41) is 3.10. The molecular formula is C32H50F6N4O2. The molecule has 5 fully saturated rings. The Morgan fingerprint density at radius 2 is 1.43 bits per heavy atom. The van der Waals surface area contributed by atoms with E-state index in [9.17, 15) is 35.9 Å². The number of halogens is 6. The van der Waals surface area contributed by atoms with Crippen LogP contribution < -0.4 is 5.32 Å². The Bertz CT molecular complexity index is 964. The maximum Gasteiger partial charge on any atom is 0.391 e. The molecule has 0 aromatic rings. The summed E-state index contributed by atoms with van der Waals surface area (Å²) >= 11 is 0.